The van der Waals surface area contributed by atoms with Crippen LogP contribution in [0.4, 0.5) is 0 Å². The highest BCUT2D eigenvalue weighted by Crippen LogP contribution is 2.48. The smallest absolute Gasteiger partial charge is 0.136 e. The molecule has 0 atom stereocenters. The van der Waals surface area contributed by atoms with Gasteiger partial charge in [0.2, 0.25) is 0 Å². The summed E-state index contributed by atoms with van der Waals surface area (Å²) in [4.78, 5) is 0. The highest BCUT2D eigenvalue weighted by Gasteiger charge is 2.22. The minimum absolute atomic E-state index is 0.761. The van der Waals surface area contributed by atoms with E-state index < -0.39 is 0 Å². The summed E-state index contributed by atoms with van der Waals surface area (Å²) in [6, 6.07) is 25.1. The number of benzene rings is 5. The molecule has 0 aliphatic rings. The third-order valence-corrected chi connectivity index (χ3v) is 8.59. The Hall–Kier alpha value is -2.72. The van der Waals surface area contributed by atoms with Crippen molar-refractivity contribution in [1.29, 1.82) is 0 Å². The Labute approximate surface area is 237 Å². The molecule has 5 aromatic rings. The van der Waals surface area contributed by atoms with Gasteiger partial charge in [-0.15, -0.1) is 0 Å². The Morgan fingerprint density at radius 1 is 0.528 bits per heavy atom. The normalized spacial score (nSPS) is 11.1. The lowest BCUT2D eigenvalue weighted by atomic mass is 9.88. The van der Waals surface area contributed by atoms with Crippen LogP contribution < -0.4 is 18.9 Å². The molecule has 0 aromatic heterocycles. The third kappa shape index (κ3) is 4.14. The standard InChI is InChI=1S/C30H24I2O4/c1-33-18-15-23-20-10-6-8-12-22(20)29(31)28(27(23)24(16-18)34-2)21-11-7-5-9-19(21)17-13-25(35-3)30(32)26(14-17)36-4/h5-16H,1-4H3. The monoisotopic (exact) mass is 702 g/mol. The number of hydrogen-bond acceptors (Lipinski definition) is 4. The SMILES string of the molecule is COc1cc(OC)c2c(-c3ccccc3-c3cc(OC)c(I)c(OC)c3)c(I)c3ccccc3c2c1. The highest BCUT2D eigenvalue weighted by atomic mass is 127. The van der Waals surface area contributed by atoms with Gasteiger partial charge >= 0.3 is 0 Å². The summed E-state index contributed by atoms with van der Waals surface area (Å²) in [5.41, 5.74) is 4.32. The molecule has 0 amide bonds. The van der Waals surface area contributed by atoms with Gasteiger partial charge in [0.1, 0.15) is 23.0 Å². The largest absolute Gasteiger partial charge is 0.497 e. The molecule has 0 saturated heterocycles. The number of halogens is 2. The van der Waals surface area contributed by atoms with Gasteiger partial charge < -0.3 is 18.9 Å². The van der Waals surface area contributed by atoms with Crippen LogP contribution in [-0.4, -0.2) is 28.4 Å². The first kappa shape index (κ1) is 25.0. The zero-order valence-electron chi connectivity index (χ0n) is 20.3. The van der Waals surface area contributed by atoms with Gasteiger partial charge in [-0.25, -0.2) is 0 Å². The van der Waals surface area contributed by atoms with Gasteiger partial charge in [0.25, 0.3) is 0 Å². The summed E-state index contributed by atoms with van der Waals surface area (Å²) < 4.78 is 25.1. The van der Waals surface area contributed by atoms with Crippen LogP contribution in [0.15, 0.2) is 72.8 Å². The molecule has 5 rings (SSSR count). The van der Waals surface area contributed by atoms with Crippen LogP contribution in [0.3, 0.4) is 0 Å². The lowest BCUT2D eigenvalue weighted by Gasteiger charge is -2.20. The Bertz CT molecular complexity index is 1590. The van der Waals surface area contributed by atoms with Crippen molar-refractivity contribution >= 4 is 66.7 Å². The lowest BCUT2D eigenvalue weighted by Crippen LogP contribution is -1.97. The van der Waals surface area contributed by atoms with Gasteiger partial charge in [-0.1, -0.05) is 48.5 Å². The predicted octanol–water partition coefficient (Wildman–Crippen LogP) is 8.57. The molecule has 182 valence electrons. The molecule has 5 aromatic carbocycles. The summed E-state index contributed by atoms with van der Waals surface area (Å²) in [7, 11) is 6.76. The van der Waals surface area contributed by atoms with E-state index in [-0.39, 0.29) is 0 Å². The van der Waals surface area contributed by atoms with Crippen LogP contribution in [0.5, 0.6) is 23.0 Å². The van der Waals surface area contributed by atoms with Crippen molar-refractivity contribution < 1.29 is 18.9 Å². The summed E-state index contributed by atoms with van der Waals surface area (Å²) in [6.07, 6.45) is 0. The number of methoxy groups -OCH3 is 4. The molecular weight excluding hydrogens is 678 g/mol. The zero-order chi connectivity index (χ0) is 25.4. The molecule has 0 saturated carbocycles. The topological polar surface area (TPSA) is 36.9 Å². The van der Waals surface area contributed by atoms with E-state index in [9.17, 15) is 0 Å². The first-order valence-electron chi connectivity index (χ1n) is 11.3. The summed E-state index contributed by atoms with van der Waals surface area (Å²) in [6.45, 7) is 0. The molecule has 0 aliphatic carbocycles. The molecule has 0 bridgehead atoms. The van der Waals surface area contributed by atoms with E-state index in [4.69, 9.17) is 18.9 Å². The molecule has 4 nitrogen and oxygen atoms in total. The van der Waals surface area contributed by atoms with Crippen molar-refractivity contribution in [3.05, 3.63) is 79.9 Å². The quantitative estimate of drug-likeness (QED) is 0.131. The van der Waals surface area contributed by atoms with Crippen LogP contribution >= 0.6 is 45.2 Å². The molecule has 0 N–H and O–H groups in total. The van der Waals surface area contributed by atoms with Gasteiger partial charge in [-0.3, -0.25) is 0 Å². The predicted molar refractivity (Wildman–Crippen MR) is 164 cm³/mol. The average molecular weight is 702 g/mol. The second-order valence-corrected chi connectivity index (χ2v) is 10.4. The van der Waals surface area contributed by atoms with E-state index in [2.05, 4.69) is 112 Å². The van der Waals surface area contributed by atoms with Crippen molar-refractivity contribution in [2.45, 2.75) is 0 Å². The lowest BCUT2D eigenvalue weighted by molar-refractivity contribution is 0.389. The Morgan fingerprint density at radius 3 is 1.72 bits per heavy atom. The molecule has 0 radical (unpaired) electrons. The van der Waals surface area contributed by atoms with Gasteiger partial charge in [0, 0.05) is 20.6 Å². The van der Waals surface area contributed by atoms with E-state index in [1.807, 2.05) is 6.07 Å². The summed E-state index contributed by atoms with van der Waals surface area (Å²) in [5.74, 6) is 3.09. The molecule has 0 unspecified atom stereocenters. The van der Waals surface area contributed by atoms with Crippen LogP contribution in [0.1, 0.15) is 0 Å². The first-order valence-corrected chi connectivity index (χ1v) is 13.4. The maximum absolute atomic E-state index is 5.95. The van der Waals surface area contributed by atoms with Crippen LogP contribution in [-0.2, 0) is 0 Å². The van der Waals surface area contributed by atoms with Crippen LogP contribution in [0.25, 0.3) is 43.8 Å². The molecule has 0 heterocycles. The number of rotatable bonds is 6. The van der Waals surface area contributed by atoms with Gasteiger partial charge in [0.05, 0.1) is 32.0 Å². The van der Waals surface area contributed by atoms with Crippen molar-refractivity contribution in [3.63, 3.8) is 0 Å². The fourth-order valence-corrected chi connectivity index (χ4v) is 6.51. The maximum Gasteiger partial charge on any atom is 0.136 e. The van der Waals surface area contributed by atoms with E-state index in [1.165, 1.54) is 5.39 Å². The van der Waals surface area contributed by atoms with E-state index >= 15 is 0 Å². The van der Waals surface area contributed by atoms with Crippen LogP contribution in [0.2, 0.25) is 0 Å². The molecule has 0 spiro atoms. The van der Waals surface area contributed by atoms with Crippen molar-refractivity contribution in [1.82, 2.24) is 0 Å². The number of ether oxygens (including phenoxy) is 4. The maximum atomic E-state index is 5.95. The zero-order valence-corrected chi connectivity index (χ0v) is 24.6. The molecule has 6 heteroatoms. The van der Waals surface area contributed by atoms with E-state index in [0.717, 1.165) is 68.6 Å². The average Bonchev–Trinajstić information content (AvgIpc) is 2.93. The van der Waals surface area contributed by atoms with Crippen LogP contribution in [0, 0.1) is 7.14 Å². The first-order chi connectivity index (χ1) is 17.5. The van der Waals surface area contributed by atoms with E-state index in [0.29, 0.717) is 0 Å². The molecular formula is C30H24I2O4. The minimum Gasteiger partial charge on any atom is -0.497 e. The van der Waals surface area contributed by atoms with Gasteiger partial charge in [0.15, 0.2) is 0 Å². The van der Waals surface area contributed by atoms with Gasteiger partial charge in [-0.05, 0) is 96.2 Å². The Balaban J connectivity index is 1.93. The third-order valence-electron chi connectivity index (χ3n) is 6.41. The fraction of sp³-hybridized carbons (Fsp3) is 0.133. The number of hydrogen-bond donors (Lipinski definition) is 0. The second kappa shape index (κ2) is 10.3. The molecule has 0 aliphatic heterocycles. The van der Waals surface area contributed by atoms with Gasteiger partial charge in [-0.2, -0.15) is 0 Å². The highest BCUT2D eigenvalue weighted by molar-refractivity contribution is 14.1. The van der Waals surface area contributed by atoms with E-state index in [1.54, 1.807) is 28.4 Å². The molecule has 36 heavy (non-hydrogen) atoms. The van der Waals surface area contributed by atoms with Crippen molar-refractivity contribution in [2.24, 2.45) is 0 Å². The Morgan fingerprint density at radius 2 is 1.11 bits per heavy atom. The van der Waals surface area contributed by atoms with Crippen molar-refractivity contribution in [2.75, 3.05) is 28.4 Å². The summed E-state index contributed by atoms with van der Waals surface area (Å²) in [5, 5.41) is 4.49. The fourth-order valence-electron chi connectivity index (χ4n) is 4.72. The minimum atomic E-state index is 0.761. The van der Waals surface area contributed by atoms with Crippen molar-refractivity contribution in [3.8, 4) is 45.3 Å². The Kier molecular flexibility index (Phi) is 7.16. The summed E-state index contributed by atoms with van der Waals surface area (Å²) >= 11 is 4.73. The second-order valence-electron chi connectivity index (χ2n) is 8.23. The number of fused-ring (bicyclic) bond motifs is 3. The molecule has 0 fully saturated rings.